The van der Waals surface area contributed by atoms with Gasteiger partial charge in [0, 0.05) is 36.6 Å². The van der Waals surface area contributed by atoms with Crippen LogP contribution in [0.2, 0.25) is 5.02 Å². The number of benzene rings is 2. The van der Waals surface area contributed by atoms with Gasteiger partial charge < -0.3 is 14.8 Å². The third-order valence-electron chi connectivity index (χ3n) is 5.08. The summed E-state index contributed by atoms with van der Waals surface area (Å²) in [6.07, 6.45) is 2.68. The Morgan fingerprint density at radius 3 is 2.55 bits per heavy atom. The van der Waals surface area contributed by atoms with Gasteiger partial charge in [-0.3, -0.25) is 9.59 Å². The molecule has 1 saturated heterocycles. The van der Waals surface area contributed by atoms with Gasteiger partial charge in [-0.2, -0.15) is 4.98 Å². The zero-order valence-electron chi connectivity index (χ0n) is 16.7. The number of anilines is 3. The second kappa shape index (κ2) is 8.47. The van der Waals surface area contributed by atoms with Gasteiger partial charge in [0.15, 0.2) is 0 Å². The number of hydrogen-bond donors (Lipinski definition) is 1. The molecule has 1 aromatic heterocycles. The molecule has 6 nitrogen and oxygen atoms in total. The minimum Gasteiger partial charge on any atom is -0.325 e. The van der Waals surface area contributed by atoms with Crippen molar-refractivity contribution in [3.8, 4) is 0 Å². The molecule has 0 bridgehead atoms. The molecule has 0 saturated carbocycles. The van der Waals surface area contributed by atoms with Crippen LogP contribution in [0.3, 0.4) is 0 Å². The van der Waals surface area contributed by atoms with Gasteiger partial charge in [0.1, 0.15) is 16.7 Å². The first-order valence-electron chi connectivity index (χ1n) is 9.70. The zero-order valence-corrected chi connectivity index (χ0v) is 17.4. The largest absolute Gasteiger partial charge is 0.325 e. The molecular weight excluding hydrogens is 426 g/mol. The number of aromatic nitrogens is 2. The number of carbonyl (C=O) groups excluding carboxylic acids is 1. The molecule has 0 spiro atoms. The van der Waals surface area contributed by atoms with Gasteiger partial charge in [-0.15, -0.1) is 0 Å². The fourth-order valence-electron chi connectivity index (χ4n) is 3.54. The molecule has 0 atom stereocenters. The van der Waals surface area contributed by atoms with Crippen molar-refractivity contribution in [1.29, 1.82) is 0 Å². The Balaban J connectivity index is 1.70. The van der Waals surface area contributed by atoms with E-state index < -0.39 is 17.2 Å². The standard InChI is InChI=1S/C22H19ClF2N4O2/c1-13-4-5-17(29-6-2-3-20(29)30)10-19(13)26-22-27-21(31)18(23)12-28(22)11-14-7-15(24)9-16(25)8-14/h4-5,7-10,12H,2-3,6,11H2,1H3,(H,26,27,31). The van der Waals surface area contributed by atoms with Crippen molar-refractivity contribution < 1.29 is 13.6 Å². The van der Waals surface area contributed by atoms with Gasteiger partial charge in [-0.25, -0.2) is 8.78 Å². The normalized spacial score (nSPS) is 13.7. The molecule has 0 aliphatic carbocycles. The molecule has 0 radical (unpaired) electrons. The highest BCUT2D eigenvalue weighted by Crippen LogP contribution is 2.28. The number of carbonyl (C=O) groups is 1. The number of hydrogen-bond acceptors (Lipinski definition) is 4. The van der Waals surface area contributed by atoms with Crippen molar-refractivity contribution in [2.24, 2.45) is 0 Å². The van der Waals surface area contributed by atoms with Crippen molar-refractivity contribution in [3.63, 3.8) is 0 Å². The molecule has 1 fully saturated rings. The van der Waals surface area contributed by atoms with Gasteiger partial charge >= 0.3 is 0 Å². The summed E-state index contributed by atoms with van der Waals surface area (Å²) in [4.78, 5) is 29.9. The van der Waals surface area contributed by atoms with Gasteiger partial charge in [0.05, 0.1) is 6.54 Å². The van der Waals surface area contributed by atoms with E-state index in [1.807, 2.05) is 25.1 Å². The van der Waals surface area contributed by atoms with E-state index >= 15 is 0 Å². The molecule has 2 heterocycles. The number of amides is 1. The molecule has 1 aliphatic heterocycles. The average molecular weight is 445 g/mol. The Morgan fingerprint density at radius 2 is 1.87 bits per heavy atom. The molecule has 2 aromatic carbocycles. The molecule has 4 rings (SSSR count). The molecule has 0 unspecified atom stereocenters. The first kappa shape index (κ1) is 21.0. The van der Waals surface area contributed by atoms with Crippen molar-refractivity contribution in [1.82, 2.24) is 9.55 Å². The summed E-state index contributed by atoms with van der Waals surface area (Å²) < 4.78 is 28.7. The molecule has 9 heteroatoms. The zero-order chi connectivity index (χ0) is 22.1. The lowest BCUT2D eigenvalue weighted by Gasteiger charge is -2.20. The number of halogens is 3. The lowest BCUT2D eigenvalue weighted by molar-refractivity contribution is -0.117. The van der Waals surface area contributed by atoms with Crippen molar-refractivity contribution in [2.75, 3.05) is 16.8 Å². The summed E-state index contributed by atoms with van der Waals surface area (Å²) >= 11 is 5.96. The number of aryl methyl sites for hydroxylation is 1. The molecule has 160 valence electrons. The highest BCUT2D eigenvalue weighted by Gasteiger charge is 2.22. The van der Waals surface area contributed by atoms with Crippen LogP contribution in [0.1, 0.15) is 24.0 Å². The van der Waals surface area contributed by atoms with E-state index in [2.05, 4.69) is 10.3 Å². The number of rotatable bonds is 5. The second-order valence-corrected chi connectivity index (χ2v) is 7.80. The van der Waals surface area contributed by atoms with E-state index in [0.717, 1.165) is 23.7 Å². The summed E-state index contributed by atoms with van der Waals surface area (Å²) in [6, 6.07) is 8.72. The smallest absolute Gasteiger partial charge is 0.293 e. The fraction of sp³-hybridized carbons (Fsp3) is 0.227. The SMILES string of the molecule is Cc1ccc(N2CCCC2=O)cc1Nc1nc(=O)c(Cl)cn1Cc1cc(F)cc(F)c1. The van der Waals surface area contributed by atoms with Crippen LogP contribution in [0, 0.1) is 18.6 Å². The monoisotopic (exact) mass is 444 g/mol. The highest BCUT2D eigenvalue weighted by atomic mass is 35.5. The van der Waals surface area contributed by atoms with Crippen LogP contribution in [0.15, 0.2) is 47.4 Å². The molecular formula is C22H19ClF2N4O2. The minimum absolute atomic E-state index is 0.0351. The van der Waals surface area contributed by atoms with Crippen LogP contribution in [0.4, 0.5) is 26.1 Å². The minimum atomic E-state index is -0.705. The molecule has 1 amide bonds. The maximum absolute atomic E-state index is 13.6. The van der Waals surface area contributed by atoms with Crippen LogP contribution in [0.25, 0.3) is 0 Å². The molecule has 1 aliphatic rings. The first-order valence-corrected chi connectivity index (χ1v) is 10.1. The van der Waals surface area contributed by atoms with E-state index in [0.29, 0.717) is 24.2 Å². The fourth-order valence-corrected chi connectivity index (χ4v) is 3.70. The molecule has 3 aromatic rings. The van der Waals surface area contributed by atoms with Crippen molar-refractivity contribution in [2.45, 2.75) is 26.3 Å². The van der Waals surface area contributed by atoms with Crippen LogP contribution in [-0.2, 0) is 11.3 Å². The van der Waals surface area contributed by atoms with E-state index in [-0.39, 0.29) is 23.4 Å². The van der Waals surface area contributed by atoms with E-state index in [1.54, 1.807) is 4.90 Å². The molecule has 31 heavy (non-hydrogen) atoms. The predicted molar refractivity (Wildman–Crippen MR) is 115 cm³/mol. The third kappa shape index (κ3) is 4.59. The topological polar surface area (TPSA) is 67.2 Å². The van der Waals surface area contributed by atoms with Crippen LogP contribution < -0.4 is 15.8 Å². The lowest BCUT2D eigenvalue weighted by atomic mass is 10.1. The van der Waals surface area contributed by atoms with Crippen LogP contribution >= 0.6 is 11.6 Å². The maximum atomic E-state index is 13.6. The summed E-state index contributed by atoms with van der Waals surface area (Å²) in [6.45, 7) is 2.56. The van der Waals surface area contributed by atoms with Crippen molar-refractivity contribution >= 4 is 34.8 Å². The van der Waals surface area contributed by atoms with Crippen LogP contribution in [0.5, 0.6) is 0 Å². The Hall–Kier alpha value is -3.26. The maximum Gasteiger partial charge on any atom is 0.293 e. The second-order valence-electron chi connectivity index (χ2n) is 7.40. The number of nitrogens with one attached hydrogen (secondary N) is 1. The van der Waals surface area contributed by atoms with Gasteiger partial charge in [0.25, 0.3) is 5.56 Å². The van der Waals surface area contributed by atoms with E-state index in [4.69, 9.17) is 11.6 Å². The predicted octanol–water partition coefficient (Wildman–Crippen LogP) is 4.40. The summed E-state index contributed by atoms with van der Waals surface area (Å²) in [5, 5.41) is 2.99. The Bertz CT molecular complexity index is 1210. The lowest BCUT2D eigenvalue weighted by Crippen LogP contribution is -2.23. The number of nitrogens with zero attached hydrogens (tertiary/aromatic N) is 3. The first-order chi connectivity index (χ1) is 14.8. The van der Waals surface area contributed by atoms with Crippen LogP contribution in [-0.4, -0.2) is 22.0 Å². The summed E-state index contributed by atoms with van der Waals surface area (Å²) in [7, 11) is 0. The summed E-state index contributed by atoms with van der Waals surface area (Å²) in [5.41, 5.74) is 1.96. The summed E-state index contributed by atoms with van der Waals surface area (Å²) in [5.74, 6) is -1.19. The Labute approximate surface area is 182 Å². The van der Waals surface area contributed by atoms with Crippen molar-refractivity contribution in [3.05, 3.63) is 80.7 Å². The quantitative estimate of drug-likeness (QED) is 0.633. The Kier molecular flexibility index (Phi) is 5.73. The van der Waals surface area contributed by atoms with Gasteiger partial charge in [-0.05, 0) is 48.7 Å². The van der Waals surface area contributed by atoms with E-state index in [9.17, 15) is 18.4 Å². The van der Waals surface area contributed by atoms with Gasteiger partial charge in [-0.1, -0.05) is 17.7 Å². The average Bonchev–Trinajstić information content (AvgIpc) is 3.12. The Morgan fingerprint density at radius 1 is 1.13 bits per heavy atom. The third-order valence-corrected chi connectivity index (χ3v) is 5.34. The van der Waals surface area contributed by atoms with Gasteiger partial charge in [0.2, 0.25) is 11.9 Å². The molecule has 1 N–H and O–H groups in total. The highest BCUT2D eigenvalue weighted by molar-refractivity contribution is 6.30. The van der Waals surface area contributed by atoms with E-state index in [1.165, 1.54) is 22.9 Å².